The Kier molecular flexibility index (Phi) is 7.28. The minimum absolute atomic E-state index is 0.0578. The lowest BCUT2D eigenvalue weighted by atomic mass is 10.2. The fourth-order valence-electron chi connectivity index (χ4n) is 2.27. The Hall–Kier alpha value is -2.05. The summed E-state index contributed by atoms with van der Waals surface area (Å²) in [7, 11) is 0. The monoisotopic (exact) mass is 374 g/mol. The fraction of sp³-hybridized carbons (Fsp3) is 0.263. The van der Waals surface area contributed by atoms with Crippen molar-refractivity contribution in [2.75, 3.05) is 17.6 Å². The van der Waals surface area contributed by atoms with Crippen molar-refractivity contribution >= 4 is 40.6 Å². The lowest BCUT2D eigenvalue weighted by Crippen LogP contribution is -2.32. The third-order valence-electron chi connectivity index (χ3n) is 3.49. The van der Waals surface area contributed by atoms with Crippen molar-refractivity contribution in [1.29, 1.82) is 0 Å². The van der Waals surface area contributed by atoms with Crippen molar-refractivity contribution in [3.8, 4) is 0 Å². The Morgan fingerprint density at radius 2 is 2.08 bits per heavy atom. The SMILES string of the molecule is C=CCSc1ccccc1NC(=O)CNC(=O)c1cc(C)c(CC)s1. The molecule has 0 unspecified atom stereocenters. The number of rotatable bonds is 8. The van der Waals surface area contributed by atoms with Gasteiger partial charge in [0.05, 0.1) is 17.1 Å². The topological polar surface area (TPSA) is 58.2 Å². The van der Waals surface area contributed by atoms with Crippen molar-refractivity contribution < 1.29 is 9.59 Å². The number of para-hydroxylation sites is 1. The number of thioether (sulfide) groups is 1. The number of carbonyl (C=O) groups is 2. The van der Waals surface area contributed by atoms with Gasteiger partial charge in [0.1, 0.15) is 0 Å². The van der Waals surface area contributed by atoms with Crippen LogP contribution in [0.25, 0.3) is 0 Å². The Labute approximate surface area is 156 Å². The van der Waals surface area contributed by atoms with Crippen LogP contribution in [0.4, 0.5) is 5.69 Å². The first-order valence-electron chi connectivity index (χ1n) is 8.05. The molecular weight excluding hydrogens is 352 g/mol. The van der Waals surface area contributed by atoms with Gasteiger partial charge in [-0.15, -0.1) is 29.7 Å². The van der Waals surface area contributed by atoms with Gasteiger partial charge in [0.2, 0.25) is 5.91 Å². The second-order valence-electron chi connectivity index (χ2n) is 5.40. The maximum Gasteiger partial charge on any atom is 0.261 e. The minimum Gasteiger partial charge on any atom is -0.342 e. The van der Waals surface area contributed by atoms with Crippen LogP contribution in [0.15, 0.2) is 47.9 Å². The number of hydrogen-bond donors (Lipinski definition) is 2. The molecule has 0 fully saturated rings. The van der Waals surface area contributed by atoms with Crippen molar-refractivity contribution in [3.05, 3.63) is 58.3 Å². The van der Waals surface area contributed by atoms with E-state index < -0.39 is 0 Å². The number of amides is 2. The average Bonchev–Trinajstić information content (AvgIpc) is 3.00. The Balaban J connectivity index is 1.92. The predicted molar refractivity (Wildman–Crippen MR) is 107 cm³/mol. The fourth-order valence-corrected chi connectivity index (χ4v) is 4.05. The molecule has 0 aliphatic rings. The van der Waals surface area contributed by atoms with Crippen LogP contribution in [0.3, 0.4) is 0 Å². The molecule has 0 aliphatic carbocycles. The quantitative estimate of drug-likeness (QED) is 0.536. The standard InChI is InChI=1S/C19H22N2O2S2/c1-4-10-24-16-9-7-6-8-14(16)21-18(22)12-20-19(23)17-11-13(3)15(5-2)25-17/h4,6-9,11H,1,5,10,12H2,2-3H3,(H,20,23)(H,21,22). The molecule has 25 heavy (non-hydrogen) atoms. The third-order valence-corrected chi connectivity index (χ3v) is 5.94. The van der Waals surface area contributed by atoms with Gasteiger partial charge in [-0.2, -0.15) is 0 Å². The molecule has 6 heteroatoms. The van der Waals surface area contributed by atoms with Gasteiger partial charge in [-0.3, -0.25) is 9.59 Å². The molecule has 0 radical (unpaired) electrons. The molecule has 1 aromatic heterocycles. The molecule has 0 saturated heterocycles. The predicted octanol–water partition coefficient (Wildman–Crippen LogP) is 4.27. The maximum atomic E-state index is 12.2. The molecule has 0 aliphatic heterocycles. The summed E-state index contributed by atoms with van der Waals surface area (Å²) in [4.78, 5) is 27.2. The van der Waals surface area contributed by atoms with Crippen molar-refractivity contribution in [3.63, 3.8) is 0 Å². The van der Waals surface area contributed by atoms with Gasteiger partial charge in [0.15, 0.2) is 0 Å². The summed E-state index contributed by atoms with van der Waals surface area (Å²) in [5.41, 5.74) is 1.86. The number of nitrogens with one attached hydrogen (secondary N) is 2. The summed E-state index contributed by atoms with van der Waals surface area (Å²) >= 11 is 3.08. The van der Waals surface area contributed by atoms with Crippen LogP contribution in [0, 0.1) is 6.92 Å². The van der Waals surface area contributed by atoms with E-state index >= 15 is 0 Å². The van der Waals surface area contributed by atoms with Gasteiger partial charge < -0.3 is 10.6 Å². The van der Waals surface area contributed by atoms with Crippen molar-refractivity contribution in [2.45, 2.75) is 25.2 Å². The molecule has 4 nitrogen and oxygen atoms in total. The van der Waals surface area contributed by atoms with E-state index in [2.05, 4.69) is 24.1 Å². The maximum absolute atomic E-state index is 12.2. The number of carbonyl (C=O) groups excluding carboxylic acids is 2. The summed E-state index contributed by atoms with van der Waals surface area (Å²) in [5, 5.41) is 5.53. The molecule has 2 N–H and O–H groups in total. The highest BCUT2D eigenvalue weighted by molar-refractivity contribution is 7.99. The second-order valence-corrected chi connectivity index (χ2v) is 7.60. The van der Waals surface area contributed by atoms with Crippen LogP contribution in [0.5, 0.6) is 0 Å². The van der Waals surface area contributed by atoms with Crippen molar-refractivity contribution in [1.82, 2.24) is 5.32 Å². The summed E-state index contributed by atoms with van der Waals surface area (Å²) in [6, 6.07) is 9.46. The van der Waals surface area contributed by atoms with Gasteiger partial charge >= 0.3 is 0 Å². The smallest absolute Gasteiger partial charge is 0.261 e. The largest absolute Gasteiger partial charge is 0.342 e. The van der Waals surface area contributed by atoms with Gasteiger partial charge in [-0.1, -0.05) is 25.1 Å². The van der Waals surface area contributed by atoms with Gasteiger partial charge in [0.25, 0.3) is 5.91 Å². The summed E-state index contributed by atoms with van der Waals surface area (Å²) < 4.78 is 0. The van der Waals surface area contributed by atoms with E-state index in [9.17, 15) is 9.59 Å². The highest BCUT2D eigenvalue weighted by Crippen LogP contribution is 2.27. The molecular formula is C19H22N2O2S2. The zero-order chi connectivity index (χ0) is 18.2. The number of anilines is 1. The molecule has 0 atom stereocenters. The van der Waals surface area contributed by atoms with Crippen LogP contribution >= 0.6 is 23.1 Å². The molecule has 2 rings (SSSR count). The molecule has 1 heterocycles. The molecule has 0 saturated carbocycles. The third kappa shape index (κ3) is 5.47. The van der Waals surface area contributed by atoms with E-state index in [0.717, 1.165) is 28.3 Å². The Bertz CT molecular complexity index is 769. The van der Waals surface area contributed by atoms with Crippen LogP contribution < -0.4 is 10.6 Å². The van der Waals surface area contributed by atoms with Crippen LogP contribution in [-0.4, -0.2) is 24.1 Å². The lowest BCUT2D eigenvalue weighted by Gasteiger charge is -2.10. The molecule has 2 amide bonds. The first-order valence-corrected chi connectivity index (χ1v) is 9.85. The zero-order valence-corrected chi connectivity index (χ0v) is 16.1. The number of thiophene rings is 1. The van der Waals surface area contributed by atoms with E-state index in [-0.39, 0.29) is 18.4 Å². The van der Waals surface area contributed by atoms with E-state index in [0.29, 0.717) is 4.88 Å². The second kappa shape index (κ2) is 9.44. The molecule has 0 spiro atoms. The van der Waals surface area contributed by atoms with E-state index in [1.54, 1.807) is 11.8 Å². The van der Waals surface area contributed by atoms with Gasteiger partial charge in [-0.25, -0.2) is 0 Å². The Morgan fingerprint density at radius 3 is 2.76 bits per heavy atom. The normalized spacial score (nSPS) is 10.3. The van der Waals surface area contributed by atoms with Crippen LogP contribution in [0.2, 0.25) is 0 Å². The summed E-state index contributed by atoms with van der Waals surface area (Å²) in [5.74, 6) is 0.308. The summed E-state index contributed by atoms with van der Waals surface area (Å²) in [6.07, 6.45) is 2.72. The molecule has 0 bridgehead atoms. The van der Waals surface area contributed by atoms with Gasteiger partial charge in [-0.05, 0) is 37.1 Å². The number of aryl methyl sites for hydroxylation is 2. The summed E-state index contributed by atoms with van der Waals surface area (Å²) in [6.45, 7) is 7.71. The molecule has 132 valence electrons. The highest BCUT2D eigenvalue weighted by Gasteiger charge is 2.13. The highest BCUT2D eigenvalue weighted by atomic mass is 32.2. The first-order chi connectivity index (χ1) is 12.0. The van der Waals surface area contributed by atoms with Crippen LogP contribution in [0.1, 0.15) is 27.0 Å². The van der Waals surface area contributed by atoms with E-state index in [1.165, 1.54) is 16.2 Å². The Morgan fingerprint density at radius 1 is 1.32 bits per heavy atom. The molecule has 2 aromatic rings. The van der Waals surface area contributed by atoms with E-state index in [1.807, 2.05) is 43.3 Å². The number of benzene rings is 1. The minimum atomic E-state index is -0.246. The van der Waals surface area contributed by atoms with Crippen molar-refractivity contribution in [2.24, 2.45) is 0 Å². The van der Waals surface area contributed by atoms with Crippen LogP contribution in [-0.2, 0) is 11.2 Å². The van der Waals surface area contributed by atoms with Gasteiger partial charge in [0, 0.05) is 15.5 Å². The molecule has 1 aromatic carbocycles. The lowest BCUT2D eigenvalue weighted by molar-refractivity contribution is -0.115. The first kappa shape index (κ1) is 19.3. The number of hydrogen-bond acceptors (Lipinski definition) is 4. The average molecular weight is 375 g/mol. The van der Waals surface area contributed by atoms with E-state index in [4.69, 9.17) is 0 Å². The zero-order valence-electron chi connectivity index (χ0n) is 14.4.